The number of hydrogen-bond acceptors (Lipinski definition) is 6. The molecule has 2 fully saturated rings. The molecule has 1 N–H and O–H groups in total. The summed E-state index contributed by atoms with van der Waals surface area (Å²) in [5.41, 5.74) is 1.16. The van der Waals surface area contributed by atoms with Gasteiger partial charge in [-0.1, -0.05) is 0 Å². The van der Waals surface area contributed by atoms with Gasteiger partial charge in [-0.15, -0.1) is 0 Å². The standard InChI is InChI=1S/C18H24N4O2/c1-13-2-5-17(24-13)16(22-6-8-23-9-7-22)11-19-18-10-15(14-3-4-14)20-12-21-18/h2,5,10,12,14,16H,3-4,6-9,11H2,1H3,(H,19,20,21)/t16-/m0/s1. The van der Waals surface area contributed by atoms with Crippen molar-refractivity contribution in [2.75, 3.05) is 38.2 Å². The second-order valence-electron chi connectivity index (χ2n) is 6.60. The summed E-state index contributed by atoms with van der Waals surface area (Å²) in [4.78, 5) is 11.2. The number of nitrogens with zero attached hydrogens (tertiary/aromatic N) is 3. The first-order valence-corrected chi connectivity index (χ1v) is 8.73. The molecule has 0 bridgehead atoms. The molecule has 1 atom stereocenters. The zero-order valence-corrected chi connectivity index (χ0v) is 14.1. The van der Waals surface area contributed by atoms with Crippen LogP contribution < -0.4 is 5.32 Å². The van der Waals surface area contributed by atoms with Crippen LogP contribution in [-0.4, -0.2) is 47.7 Å². The van der Waals surface area contributed by atoms with E-state index >= 15 is 0 Å². The lowest BCUT2D eigenvalue weighted by Crippen LogP contribution is -2.41. The van der Waals surface area contributed by atoms with Gasteiger partial charge in [0.05, 0.1) is 19.3 Å². The van der Waals surface area contributed by atoms with Crippen molar-refractivity contribution >= 4 is 5.82 Å². The molecule has 1 saturated heterocycles. The fourth-order valence-corrected chi connectivity index (χ4v) is 3.20. The Morgan fingerprint density at radius 2 is 2.08 bits per heavy atom. The van der Waals surface area contributed by atoms with Crippen LogP contribution in [0.4, 0.5) is 5.82 Å². The Morgan fingerprint density at radius 1 is 1.25 bits per heavy atom. The average molecular weight is 328 g/mol. The smallest absolute Gasteiger partial charge is 0.129 e. The average Bonchev–Trinajstić information content (AvgIpc) is 3.39. The zero-order valence-electron chi connectivity index (χ0n) is 14.1. The molecule has 24 heavy (non-hydrogen) atoms. The SMILES string of the molecule is Cc1ccc([C@H](CNc2cc(C3CC3)ncn2)N2CCOCC2)o1. The van der Waals surface area contributed by atoms with Gasteiger partial charge in [0.2, 0.25) is 0 Å². The van der Waals surface area contributed by atoms with Crippen molar-refractivity contribution in [3.05, 3.63) is 41.7 Å². The summed E-state index contributed by atoms with van der Waals surface area (Å²) in [5.74, 6) is 3.48. The summed E-state index contributed by atoms with van der Waals surface area (Å²) in [7, 11) is 0. The first kappa shape index (κ1) is 15.6. The minimum absolute atomic E-state index is 0.182. The molecule has 0 radical (unpaired) electrons. The minimum Gasteiger partial charge on any atom is -0.465 e. The van der Waals surface area contributed by atoms with E-state index in [2.05, 4.69) is 32.3 Å². The van der Waals surface area contributed by atoms with E-state index < -0.39 is 0 Å². The third-order valence-corrected chi connectivity index (χ3v) is 4.74. The molecule has 0 unspecified atom stereocenters. The molecular formula is C18H24N4O2. The number of aryl methyl sites for hydroxylation is 1. The Kier molecular flexibility index (Phi) is 4.49. The highest BCUT2D eigenvalue weighted by Gasteiger charge is 2.27. The zero-order chi connectivity index (χ0) is 16.4. The van der Waals surface area contributed by atoms with Crippen LogP contribution in [-0.2, 0) is 4.74 Å². The molecule has 1 aliphatic heterocycles. The maximum atomic E-state index is 5.90. The van der Waals surface area contributed by atoms with Crippen LogP contribution in [0.3, 0.4) is 0 Å². The van der Waals surface area contributed by atoms with Crippen molar-refractivity contribution in [2.24, 2.45) is 0 Å². The highest BCUT2D eigenvalue weighted by atomic mass is 16.5. The number of furan rings is 1. The minimum atomic E-state index is 0.182. The summed E-state index contributed by atoms with van der Waals surface area (Å²) >= 11 is 0. The van der Waals surface area contributed by atoms with E-state index in [0.29, 0.717) is 5.92 Å². The van der Waals surface area contributed by atoms with Gasteiger partial charge in [0.15, 0.2) is 0 Å². The van der Waals surface area contributed by atoms with Gasteiger partial charge in [0.25, 0.3) is 0 Å². The van der Waals surface area contributed by atoms with Gasteiger partial charge in [0, 0.05) is 37.3 Å². The molecule has 2 aromatic heterocycles. The van der Waals surface area contributed by atoms with Crippen LogP contribution in [0.25, 0.3) is 0 Å². The second-order valence-corrected chi connectivity index (χ2v) is 6.60. The maximum absolute atomic E-state index is 5.90. The second kappa shape index (κ2) is 6.91. The van der Waals surface area contributed by atoms with Gasteiger partial charge in [-0.05, 0) is 31.9 Å². The van der Waals surface area contributed by atoms with Gasteiger partial charge >= 0.3 is 0 Å². The van der Waals surface area contributed by atoms with Crippen molar-refractivity contribution in [2.45, 2.75) is 31.7 Å². The summed E-state index contributed by atoms with van der Waals surface area (Å²) < 4.78 is 11.4. The van der Waals surface area contributed by atoms with Crippen molar-refractivity contribution in [3.63, 3.8) is 0 Å². The first-order valence-electron chi connectivity index (χ1n) is 8.73. The summed E-state index contributed by atoms with van der Waals surface area (Å²) in [6, 6.07) is 6.37. The quantitative estimate of drug-likeness (QED) is 0.880. The fourth-order valence-electron chi connectivity index (χ4n) is 3.20. The molecule has 3 heterocycles. The number of nitrogens with one attached hydrogen (secondary N) is 1. The van der Waals surface area contributed by atoms with Crippen LogP contribution in [0.15, 0.2) is 28.9 Å². The molecular weight excluding hydrogens is 304 g/mol. The van der Waals surface area contributed by atoms with E-state index in [9.17, 15) is 0 Å². The third-order valence-electron chi connectivity index (χ3n) is 4.74. The van der Waals surface area contributed by atoms with E-state index in [-0.39, 0.29) is 6.04 Å². The maximum Gasteiger partial charge on any atom is 0.129 e. The van der Waals surface area contributed by atoms with E-state index in [1.54, 1.807) is 6.33 Å². The molecule has 1 saturated carbocycles. The van der Waals surface area contributed by atoms with Crippen LogP contribution in [0.5, 0.6) is 0 Å². The number of aromatic nitrogens is 2. The molecule has 4 rings (SSSR count). The van der Waals surface area contributed by atoms with Crippen molar-refractivity contribution in [1.29, 1.82) is 0 Å². The third kappa shape index (κ3) is 3.60. The van der Waals surface area contributed by atoms with Crippen molar-refractivity contribution in [1.82, 2.24) is 14.9 Å². The Labute approximate surface area is 142 Å². The molecule has 2 aliphatic rings. The Hall–Kier alpha value is -1.92. The first-order chi connectivity index (χ1) is 11.8. The predicted molar refractivity (Wildman–Crippen MR) is 91.1 cm³/mol. The van der Waals surface area contributed by atoms with Gasteiger partial charge < -0.3 is 14.5 Å². The van der Waals surface area contributed by atoms with Crippen LogP contribution >= 0.6 is 0 Å². The molecule has 6 heteroatoms. The van der Waals surface area contributed by atoms with E-state index in [1.165, 1.54) is 12.8 Å². The lowest BCUT2D eigenvalue weighted by Gasteiger charge is -2.33. The van der Waals surface area contributed by atoms with Gasteiger partial charge in [-0.3, -0.25) is 4.90 Å². The molecule has 0 amide bonds. The molecule has 1 aliphatic carbocycles. The molecule has 0 spiro atoms. The topological polar surface area (TPSA) is 63.4 Å². The Balaban J connectivity index is 1.47. The number of hydrogen-bond donors (Lipinski definition) is 1. The van der Waals surface area contributed by atoms with Gasteiger partial charge in [-0.2, -0.15) is 0 Å². The van der Waals surface area contributed by atoms with Crippen molar-refractivity contribution < 1.29 is 9.15 Å². The largest absolute Gasteiger partial charge is 0.465 e. The number of ether oxygens (including phenoxy) is 1. The molecule has 6 nitrogen and oxygen atoms in total. The van der Waals surface area contributed by atoms with Gasteiger partial charge in [0.1, 0.15) is 23.7 Å². The highest BCUT2D eigenvalue weighted by Crippen LogP contribution is 2.39. The summed E-state index contributed by atoms with van der Waals surface area (Å²) in [5, 5.41) is 3.48. The molecule has 128 valence electrons. The van der Waals surface area contributed by atoms with E-state index in [1.807, 2.05) is 13.0 Å². The normalized spacial score (nSPS) is 20.0. The Morgan fingerprint density at radius 3 is 2.79 bits per heavy atom. The van der Waals surface area contributed by atoms with E-state index in [4.69, 9.17) is 9.15 Å². The Bertz CT molecular complexity index is 677. The lowest BCUT2D eigenvalue weighted by molar-refractivity contribution is 0.0143. The number of morpholine rings is 1. The lowest BCUT2D eigenvalue weighted by atomic mass is 10.1. The summed E-state index contributed by atoms with van der Waals surface area (Å²) in [6.07, 6.45) is 4.16. The van der Waals surface area contributed by atoms with Crippen LogP contribution in [0, 0.1) is 6.92 Å². The van der Waals surface area contributed by atoms with Crippen LogP contribution in [0.2, 0.25) is 0 Å². The highest BCUT2D eigenvalue weighted by molar-refractivity contribution is 5.37. The molecule has 0 aromatic carbocycles. The summed E-state index contributed by atoms with van der Waals surface area (Å²) in [6.45, 7) is 6.13. The number of anilines is 1. The van der Waals surface area contributed by atoms with Gasteiger partial charge in [-0.25, -0.2) is 9.97 Å². The predicted octanol–water partition coefficient (Wildman–Crippen LogP) is 2.74. The molecule has 2 aromatic rings. The fraction of sp³-hybridized carbons (Fsp3) is 0.556. The van der Waals surface area contributed by atoms with Crippen LogP contribution in [0.1, 0.15) is 42.0 Å². The van der Waals surface area contributed by atoms with E-state index in [0.717, 1.165) is 55.9 Å². The monoisotopic (exact) mass is 328 g/mol. The number of rotatable bonds is 6. The van der Waals surface area contributed by atoms with Crippen molar-refractivity contribution in [3.8, 4) is 0 Å².